The first-order valence-electron chi connectivity index (χ1n) is 8.90. The van der Waals surface area contributed by atoms with Gasteiger partial charge in [-0.2, -0.15) is 0 Å². The van der Waals surface area contributed by atoms with Gasteiger partial charge >= 0.3 is 0 Å². The van der Waals surface area contributed by atoms with Crippen LogP contribution in [0.15, 0.2) is 42.5 Å². The van der Waals surface area contributed by atoms with Gasteiger partial charge in [-0.3, -0.25) is 4.79 Å². The minimum absolute atomic E-state index is 0.00372. The number of carbonyl (C=O) groups is 1. The van der Waals surface area contributed by atoms with E-state index in [2.05, 4.69) is 10.6 Å². The molecule has 7 heteroatoms. The number of amides is 1. The van der Waals surface area contributed by atoms with Gasteiger partial charge in [-0.1, -0.05) is 12.1 Å². The van der Waals surface area contributed by atoms with E-state index < -0.39 is 17.5 Å². The van der Waals surface area contributed by atoms with Crippen LogP contribution in [0.5, 0.6) is 5.75 Å². The molecule has 0 bridgehead atoms. The molecule has 2 aromatic rings. The second kappa shape index (κ2) is 8.79. The van der Waals surface area contributed by atoms with Crippen molar-refractivity contribution in [3.05, 3.63) is 59.9 Å². The van der Waals surface area contributed by atoms with Crippen molar-refractivity contribution in [2.24, 2.45) is 0 Å². The summed E-state index contributed by atoms with van der Waals surface area (Å²) in [4.78, 5) is 12.0. The first kappa shape index (κ1) is 19.1. The number of rotatable bonds is 6. The summed E-state index contributed by atoms with van der Waals surface area (Å²) in [6.45, 7) is -0.0140. The second-order valence-corrected chi connectivity index (χ2v) is 6.60. The Kier molecular flexibility index (Phi) is 6.21. The van der Waals surface area contributed by atoms with Crippen LogP contribution in [0.4, 0.5) is 18.9 Å². The quantitative estimate of drug-likeness (QED) is 0.798. The summed E-state index contributed by atoms with van der Waals surface area (Å²) in [6, 6.07) is 9.29. The van der Waals surface area contributed by atoms with E-state index in [1.54, 1.807) is 18.2 Å². The zero-order chi connectivity index (χ0) is 19.2. The lowest BCUT2D eigenvalue weighted by Crippen LogP contribution is -2.42. The van der Waals surface area contributed by atoms with E-state index in [4.69, 9.17) is 4.74 Å². The van der Waals surface area contributed by atoms with Gasteiger partial charge in [0.2, 0.25) is 5.91 Å². The van der Waals surface area contributed by atoms with Gasteiger partial charge in [0.05, 0.1) is 18.3 Å². The highest BCUT2D eigenvalue weighted by molar-refractivity contribution is 5.81. The van der Waals surface area contributed by atoms with Gasteiger partial charge in [0.25, 0.3) is 0 Å². The third-order valence-electron chi connectivity index (χ3n) is 4.49. The van der Waals surface area contributed by atoms with Crippen LogP contribution in [0, 0.1) is 17.5 Å². The molecular formula is C20H21F3N2O2. The fourth-order valence-corrected chi connectivity index (χ4v) is 3.17. The molecule has 144 valence electrons. The Morgan fingerprint density at radius 2 is 1.67 bits per heavy atom. The number of ether oxygens (including phenoxy) is 1. The lowest BCUT2D eigenvalue weighted by molar-refractivity contribution is -0.120. The molecule has 0 atom stereocenters. The van der Waals surface area contributed by atoms with E-state index >= 15 is 0 Å². The fourth-order valence-electron chi connectivity index (χ4n) is 3.17. The van der Waals surface area contributed by atoms with Crippen LogP contribution in [0.1, 0.15) is 25.7 Å². The largest absolute Gasteiger partial charge is 0.490 e. The maximum atomic E-state index is 13.5. The van der Waals surface area contributed by atoms with Crippen LogP contribution in [0.25, 0.3) is 0 Å². The monoisotopic (exact) mass is 378 g/mol. The Balaban J connectivity index is 1.41. The average molecular weight is 378 g/mol. The first-order chi connectivity index (χ1) is 13.0. The van der Waals surface area contributed by atoms with E-state index in [1.165, 1.54) is 6.07 Å². The Bertz CT molecular complexity index is 772. The molecule has 1 aliphatic carbocycles. The van der Waals surface area contributed by atoms with Crippen molar-refractivity contribution in [3.8, 4) is 5.75 Å². The molecular weight excluding hydrogens is 357 g/mol. The van der Waals surface area contributed by atoms with Crippen molar-refractivity contribution >= 4 is 11.6 Å². The molecule has 2 N–H and O–H groups in total. The van der Waals surface area contributed by atoms with Gasteiger partial charge in [0.1, 0.15) is 23.2 Å². The van der Waals surface area contributed by atoms with Gasteiger partial charge < -0.3 is 15.4 Å². The maximum absolute atomic E-state index is 13.5. The number of nitrogens with one attached hydrogen (secondary N) is 2. The van der Waals surface area contributed by atoms with E-state index in [0.29, 0.717) is 25.7 Å². The number of benzene rings is 2. The summed E-state index contributed by atoms with van der Waals surface area (Å²) in [5.74, 6) is -1.79. The van der Waals surface area contributed by atoms with Gasteiger partial charge in [-0.25, -0.2) is 13.2 Å². The summed E-state index contributed by atoms with van der Waals surface area (Å²) >= 11 is 0. The van der Waals surface area contributed by atoms with Gasteiger partial charge in [-0.05, 0) is 37.8 Å². The molecule has 3 rings (SSSR count). The molecule has 1 saturated carbocycles. The van der Waals surface area contributed by atoms with Crippen molar-refractivity contribution in [2.75, 3.05) is 11.9 Å². The molecule has 2 aromatic carbocycles. The third kappa shape index (κ3) is 5.64. The van der Waals surface area contributed by atoms with Crippen LogP contribution in [-0.2, 0) is 4.79 Å². The van der Waals surface area contributed by atoms with Crippen molar-refractivity contribution < 1.29 is 22.7 Å². The van der Waals surface area contributed by atoms with Gasteiger partial charge in [0.15, 0.2) is 0 Å². The summed E-state index contributed by atoms with van der Waals surface area (Å²) in [6.07, 6.45) is 2.60. The Morgan fingerprint density at radius 1 is 1.00 bits per heavy atom. The van der Waals surface area contributed by atoms with Crippen LogP contribution >= 0.6 is 0 Å². The van der Waals surface area contributed by atoms with Crippen LogP contribution in [-0.4, -0.2) is 24.6 Å². The highest BCUT2D eigenvalue weighted by atomic mass is 19.1. The lowest BCUT2D eigenvalue weighted by Gasteiger charge is -2.29. The van der Waals surface area contributed by atoms with Gasteiger partial charge in [0, 0.05) is 24.2 Å². The molecule has 0 radical (unpaired) electrons. The van der Waals surface area contributed by atoms with E-state index in [-0.39, 0.29) is 36.0 Å². The number of para-hydroxylation sites is 1. The molecule has 0 spiro atoms. The Hall–Kier alpha value is -2.70. The summed E-state index contributed by atoms with van der Waals surface area (Å²) < 4.78 is 45.6. The summed E-state index contributed by atoms with van der Waals surface area (Å²) in [5.41, 5.74) is 0.284. The molecule has 1 amide bonds. The summed E-state index contributed by atoms with van der Waals surface area (Å²) in [7, 11) is 0. The maximum Gasteiger partial charge on any atom is 0.239 e. The molecule has 0 unspecified atom stereocenters. The average Bonchev–Trinajstić information content (AvgIpc) is 2.62. The van der Waals surface area contributed by atoms with Crippen LogP contribution in [0.2, 0.25) is 0 Å². The van der Waals surface area contributed by atoms with Gasteiger partial charge in [-0.15, -0.1) is 0 Å². The number of halogens is 3. The predicted molar refractivity (Wildman–Crippen MR) is 96.1 cm³/mol. The zero-order valence-electron chi connectivity index (χ0n) is 14.7. The van der Waals surface area contributed by atoms with Crippen molar-refractivity contribution in [3.63, 3.8) is 0 Å². The SMILES string of the molecule is O=C(CNc1ccccc1F)NC1CCC(Oc2cc(F)cc(F)c2)CC1. The Labute approximate surface area is 155 Å². The highest BCUT2D eigenvalue weighted by Crippen LogP contribution is 2.25. The lowest BCUT2D eigenvalue weighted by atomic mass is 9.93. The van der Waals surface area contributed by atoms with Crippen LogP contribution in [0.3, 0.4) is 0 Å². The number of hydrogen-bond acceptors (Lipinski definition) is 3. The second-order valence-electron chi connectivity index (χ2n) is 6.60. The first-order valence-corrected chi connectivity index (χ1v) is 8.90. The van der Waals surface area contributed by atoms with E-state index in [0.717, 1.165) is 18.2 Å². The van der Waals surface area contributed by atoms with E-state index in [1.807, 2.05) is 0 Å². The Morgan fingerprint density at radius 3 is 2.33 bits per heavy atom. The van der Waals surface area contributed by atoms with E-state index in [9.17, 15) is 18.0 Å². The minimum Gasteiger partial charge on any atom is -0.490 e. The van der Waals surface area contributed by atoms with Crippen LogP contribution < -0.4 is 15.4 Å². The van der Waals surface area contributed by atoms with Crippen molar-refractivity contribution in [2.45, 2.75) is 37.8 Å². The highest BCUT2D eigenvalue weighted by Gasteiger charge is 2.24. The zero-order valence-corrected chi connectivity index (χ0v) is 14.7. The van der Waals surface area contributed by atoms with Crippen molar-refractivity contribution in [1.82, 2.24) is 5.32 Å². The number of carbonyl (C=O) groups excluding carboxylic acids is 1. The molecule has 27 heavy (non-hydrogen) atoms. The van der Waals surface area contributed by atoms with Crippen molar-refractivity contribution in [1.29, 1.82) is 0 Å². The molecule has 0 saturated heterocycles. The fraction of sp³-hybridized carbons (Fsp3) is 0.350. The molecule has 1 fully saturated rings. The third-order valence-corrected chi connectivity index (χ3v) is 4.49. The number of anilines is 1. The predicted octanol–water partition coefficient (Wildman–Crippen LogP) is 4.02. The summed E-state index contributed by atoms with van der Waals surface area (Å²) in [5, 5.41) is 5.68. The minimum atomic E-state index is -0.673. The number of hydrogen-bond donors (Lipinski definition) is 2. The smallest absolute Gasteiger partial charge is 0.239 e. The molecule has 0 heterocycles. The molecule has 1 aliphatic rings. The topological polar surface area (TPSA) is 50.4 Å². The molecule has 4 nitrogen and oxygen atoms in total. The molecule has 0 aromatic heterocycles. The molecule has 0 aliphatic heterocycles. The normalized spacial score (nSPS) is 19.4. The standard InChI is InChI=1S/C20H21F3N2O2/c21-13-9-14(22)11-17(10-13)27-16-7-5-15(6-8-16)25-20(26)12-24-19-4-2-1-3-18(19)23/h1-4,9-11,15-16,24H,5-8,12H2,(H,25,26).